The average Bonchev–Trinajstić information content (AvgIpc) is 2.69. The van der Waals surface area contributed by atoms with Gasteiger partial charge in [0.05, 0.1) is 5.56 Å². The third kappa shape index (κ3) is 5.68. The number of nitrogens with zero attached hydrogens (tertiary/aromatic N) is 3. The number of hydrogen-bond donors (Lipinski definition) is 2. The molecule has 6 nitrogen and oxygen atoms in total. The van der Waals surface area contributed by atoms with Gasteiger partial charge in [0.2, 0.25) is 5.95 Å². The van der Waals surface area contributed by atoms with E-state index in [9.17, 15) is 4.79 Å². The predicted octanol–water partition coefficient (Wildman–Crippen LogP) is 4.23. The van der Waals surface area contributed by atoms with Crippen LogP contribution in [-0.4, -0.2) is 35.5 Å². The third-order valence-electron chi connectivity index (χ3n) is 5.19. The largest absolute Gasteiger partial charge is 0.372 e. The maximum atomic E-state index is 12.1. The topological polar surface area (TPSA) is 70.2 Å². The lowest BCUT2D eigenvalue weighted by molar-refractivity contribution is 0.0951. The average molecular weight is 382 g/mol. The van der Waals surface area contributed by atoms with Crippen molar-refractivity contribution < 1.29 is 4.79 Å². The van der Waals surface area contributed by atoms with Gasteiger partial charge in [0.25, 0.3) is 5.91 Å². The Morgan fingerprint density at radius 2 is 1.79 bits per heavy atom. The van der Waals surface area contributed by atoms with Gasteiger partial charge in [0.15, 0.2) is 0 Å². The molecule has 150 valence electrons. The molecule has 6 heteroatoms. The highest BCUT2D eigenvalue weighted by atomic mass is 16.1. The van der Waals surface area contributed by atoms with Gasteiger partial charge in [-0.3, -0.25) is 4.79 Å². The first-order valence-electron chi connectivity index (χ1n) is 10.2. The molecule has 1 saturated heterocycles. The van der Waals surface area contributed by atoms with Crippen molar-refractivity contribution in [2.24, 2.45) is 11.8 Å². The van der Waals surface area contributed by atoms with Gasteiger partial charge in [0.1, 0.15) is 0 Å². The Kier molecular flexibility index (Phi) is 6.85. The van der Waals surface area contributed by atoms with Gasteiger partial charge in [0, 0.05) is 43.4 Å². The zero-order chi connectivity index (χ0) is 19.9. The number of amides is 1. The molecule has 1 aromatic carbocycles. The molecule has 0 atom stereocenters. The predicted molar refractivity (Wildman–Crippen MR) is 114 cm³/mol. The van der Waals surface area contributed by atoms with Crippen LogP contribution in [0.25, 0.3) is 0 Å². The number of benzene rings is 1. The molecule has 0 bridgehead atoms. The van der Waals surface area contributed by atoms with Crippen molar-refractivity contribution >= 4 is 23.2 Å². The van der Waals surface area contributed by atoms with E-state index in [1.54, 1.807) is 12.4 Å². The lowest BCUT2D eigenvalue weighted by Crippen LogP contribution is -2.32. The van der Waals surface area contributed by atoms with Crippen molar-refractivity contribution in [2.75, 3.05) is 29.9 Å². The first-order valence-corrected chi connectivity index (χ1v) is 10.2. The zero-order valence-electron chi connectivity index (χ0n) is 17.1. The molecule has 0 spiro atoms. The van der Waals surface area contributed by atoms with E-state index in [2.05, 4.69) is 58.4 Å². The van der Waals surface area contributed by atoms with Crippen LogP contribution in [0.5, 0.6) is 0 Å². The Balaban J connectivity index is 1.53. The maximum Gasteiger partial charge on any atom is 0.254 e. The maximum absolute atomic E-state index is 12.1. The van der Waals surface area contributed by atoms with E-state index >= 15 is 0 Å². The monoisotopic (exact) mass is 381 g/mol. The lowest BCUT2D eigenvalue weighted by Gasteiger charge is -2.32. The summed E-state index contributed by atoms with van der Waals surface area (Å²) in [5, 5.41) is 6.09. The Morgan fingerprint density at radius 3 is 2.39 bits per heavy atom. The van der Waals surface area contributed by atoms with Crippen LogP contribution in [0.3, 0.4) is 0 Å². The number of carbonyl (C=O) groups excluding carboxylic acids is 1. The Morgan fingerprint density at radius 1 is 1.14 bits per heavy atom. The van der Waals surface area contributed by atoms with Crippen molar-refractivity contribution in [2.45, 2.75) is 40.0 Å². The van der Waals surface area contributed by atoms with Crippen molar-refractivity contribution in [1.29, 1.82) is 0 Å². The molecule has 0 radical (unpaired) electrons. The summed E-state index contributed by atoms with van der Waals surface area (Å²) >= 11 is 0. The van der Waals surface area contributed by atoms with Gasteiger partial charge in [-0.05, 0) is 55.4 Å². The molecule has 3 rings (SSSR count). The van der Waals surface area contributed by atoms with Crippen molar-refractivity contribution in [3.8, 4) is 0 Å². The highest BCUT2D eigenvalue weighted by molar-refractivity contribution is 5.93. The normalized spacial score (nSPS) is 14.9. The molecule has 1 fully saturated rings. The molecule has 1 aliphatic heterocycles. The highest BCUT2D eigenvalue weighted by Gasteiger charge is 2.15. The van der Waals surface area contributed by atoms with Crippen LogP contribution in [0.1, 0.15) is 50.4 Å². The number of anilines is 3. The van der Waals surface area contributed by atoms with E-state index in [0.717, 1.165) is 31.1 Å². The highest BCUT2D eigenvalue weighted by Crippen LogP contribution is 2.24. The third-order valence-corrected chi connectivity index (χ3v) is 5.19. The summed E-state index contributed by atoms with van der Waals surface area (Å²) in [6.45, 7) is 9.50. The molecule has 2 heterocycles. The fourth-order valence-corrected chi connectivity index (χ4v) is 3.24. The molecular weight excluding hydrogens is 350 g/mol. The van der Waals surface area contributed by atoms with Gasteiger partial charge in [-0.25, -0.2) is 9.97 Å². The van der Waals surface area contributed by atoms with Gasteiger partial charge < -0.3 is 15.5 Å². The van der Waals surface area contributed by atoms with Crippen LogP contribution in [0.4, 0.5) is 17.3 Å². The van der Waals surface area contributed by atoms with Crippen molar-refractivity contribution in [3.63, 3.8) is 0 Å². The molecule has 0 unspecified atom stereocenters. The number of piperidine rings is 1. The quantitative estimate of drug-likeness (QED) is 0.751. The minimum Gasteiger partial charge on any atom is -0.372 e. The first kappa shape index (κ1) is 20.1. The van der Waals surface area contributed by atoms with Crippen LogP contribution < -0.4 is 15.5 Å². The Hall–Kier alpha value is -2.63. The molecular formula is C22H31N5O. The second-order valence-corrected chi connectivity index (χ2v) is 8.08. The minimum absolute atomic E-state index is 0.132. The van der Waals surface area contributed by atoms with E-state index in [4.69, 9.17) is 0 Å². The van der Waals surface area contributed by atoms with E-state index < -0.39 is 0 Å². The van der Waals surface area contributed by atoms with Crippen molar-refractivity contribution in [3.05, 3.63) is 42.2 Å². The first-order chi connectivity index (χ1) is 13.5. The number of hydrogen-bond acceptors (Lipinski definition) is 5. The van der Waals surface area contributed by atoms with Crippen LogP contribution in [0.2, 0.25) is 0 Å². The van der Waals surface area contributed by atoms with Crippen LogP contribution >= 0.6 is 0 Å². The number of rotatable bonds is 7. The molecule has 1 aromatic heterocycles. The van der Waals surface area contributed by atoms with E-state index in [-0.39, 0.29) is 5.91 Å². The van der Waals surface area contributed by atoms with E-state index in [1.165, 1.54) is 18.5 Å². The summed E-state index contributed by atoms with van der Waals surface area (Å²) in [6, 6.07) is 8.36. The smallest absolute Gasteiger partial charge is 0.254 e. The van der Waals surface area contributed by atoms with Crippen LogP contribution in [-0.2, 0) is 0 Å². The molecule has 0 saturated carbocycles. The van der Waals surface area contributed by atoms with Gasteiger partial charge >= 0.3 is 0 Å². The lowest BCUT2D eigenvalue weighted by atomic mass is 9.99. The van der Waals surface area contributed by atoms with Gasteiger partial charge in [-0.15, -0.1) is 0 Å². The summed E-state index contributed by atoms with van der Waals surface area (Å²) < 4.78 is 0. The zero-order valence-corrected chi connectivity index (χ0v) is 17.1. The summed E-state index contributed by atoms with van der Waals surface area (Å²) in [7, 11) is 0. The number of carbonyl (C=O) groups is 1. The Labute approximate surface area is 167 Å². The van der Waals surface area contributed by atoms with E-state index in [0.29, 0.717) is 24.0 Å². The van der Waals surface area contributed by atoms with Crippen LogP contribution in [0, 0.1) is 11.8 Å². The molecule has 2 N–H and O–H groups in total. The molecule has 1 amide bonds. The molecule has 1 aliphatic rings. The number of nitrogens with one attached hydrogen (secondary N) is 2. The Bertz CT molecular complexity index is 750. The molecule has 0 aliphatic carbocycles. The van der Waals surface area contributed by atoms with E-state index in [1.807, 2.05) is 12.1 Å². The second-order valence-electron chi connectivity index (χ2n) is 8.08. The standard InChI is InChI=1S/C22H31N5O/c1-16(2)8-11-23-21(28)18-14-24-22(25-15-18)26-19-4-6-20(7-5-19)27-12-9-17(3)10-13-27/h4-7,14-17H,8-13H2,1-3H3,(H,23,28)(H,24,25,26). The molecule has 2 aromatic rings. The number of aromatic nitrogens is 2. The SMILES string of the molecule is CC(C)CCNC(=O)c1cnc(Nc2ccc(N3CCC(C)CC3)cc2)nc1. The van der Waals surface area contributed by atoms with Crippen LogP contribution in [0.15, 0.2) is 36.7 Å². The second kappa shape index (κ2) is 9.53. The van der Waals surface area contributed by atoms with Gasteiger partial charge in [-0.1, -0.05) is 20.8 Å². The minimum atomic E-state index is -0.132. The summed E-state index contributed by atoms with van der Waals surface area (Å²) in [6.07, 6.45) is 6.59. The fraction of sp³-hybridized carbons (Fsp3) is 0.500. The summed E-state index contributed by atoms with van der Waals surface area (Å²) in [5.74, 6) is 1.74. The summed E-state index contributed by atoms with van der Waals surface area (Å²) in [5.41, 5.74) is 2.67. The summed E-state index contributed by atoms with van der Waals surface area (Å²) in [4.78, 5) is 23.1. The fourth-order valence-electron chi connectivity index (χ4n) is 3.24. The van der Waals surface area contributed by atoms with Gasteiger partial charge in [-0.2, -0.15) is 0 Å². The van der Waals surface area contributed by atoms with Crippen molar-refractivity contribution in [1.82, 2.24) is 15.3 Å². The molecule has 28 heavy (non-hydrogen) atoms.